The van der Waals surface area contributed by atoms with Crippen LogP contribution in [0.1, 0.15) is 32.1 Å². The summed E-state index contributed by atoms with van der Waals surface area (Å²) in [6.07, 6.45) is 6.96. The Morgan fingerprint density at radius 3 is 2.69 bits per heavy atom. The van der Waals surface area contributed by atoms with E-state index in [4.69, 9.17) is 5.11 Å². The van der Waals surface area contributed by atoms with Crippen LogP contribution < -0.4 is 0 Å². The van der Waals surface area contributed by atoms with E-state index in [0.29, 0.717) is 0 Å². The van der Waals surface area contributed by atoms with Crippen molar-refractivity contribution in [2.24, 2.45) is 0 Å². The monoisotopic (exact) mass is 202 g/mol. The molecular weight excluding hydrogens is 184 g/mol. The van der Waals surface area contributed by atoms with E-state index in [2.05, 4.69) is 6.58 Å². The summed E-state index contributed by atoms with van der Waals surface area (Å²) < 4.78 is 0. The van der Waals surface area contributed by atoms with Crippen LogP contribution in [0.3, 0.4) is 0 Å². The predicted molar refractivity (Wildman–Crippen MR) is 58.2 cm³/mol. The van der Waals surface area contributed by atoms with E-state index in [1.54, 1.807) is 11.8 Å². The summed E-state index contributed by atoms with van der Waals surface area (Å²) in [4.78, 5) is 10.1. The van der Waals surface area contributed by atoms with Crippen LogP contribution >= 0.6 is 11.8 Å². The van der Waals surface area contributed by atoms with Gasteiger partial charge in [-0.15, -0.1) is 6.58 Å². The highest BCUT2D eigenvalue weighted by Crippen LogP contribution is 2.08. The molecule has 3 heteroatoms. The standard InChI is InChI=1S/C10H18O2S/c1-2-3-4-5-6-8-13-9-7-10(11)12/h2H,1,3-9H2,(H,11,12). The first kappa shape index (κ1) is 12.6. The maximum absolute atomic E-state index is 10.1. The molecule has 0 unspecified atom stereocenters. The molecular formula is C10H18O2S. The van der Waals surface area contributed by atoms with Crippen LogP contribution in [0, 0.1) is 0 Å². The highest BCUT2D eigenvalue weighted by molar-refractivity contribution is 7.99. The molecule has 0 heterocycles. The summed E-state index contributed by atoms with van der Waals surface area (Å²) in [5, 5.41) is 8.36. The average Bonchev–Trinajstić information content (AvgIpc) is 2.09. The first-order valence-electron chi connectivity index (χ1n) is 4.68. The number of thioether (sulfide) groups is 1. The highest BCUT2D eigenvalue weighted by atomic mass is 32.2. The van der Waals surface area contributed by atoms with Crippen molar-refractivity contribution in [3.63, 3.8) is 0 Å². The fourth-order valence-corrected chi connectivity index (χ4v) is 1.86. The van der Waals surface area contributed by atoms with Crippen molar-refractivity contribution in [1.82, 2.24) is 0 Å². The van der Waals surface area contributed by atoms with Gasteiger partial charge in [0.15, 0.2) is 0 Å². The van der Waals surface area contributed by atoms with Crippen molar-refractivity contribution >= 4 is 17.7 Å². The zero-order valence-electron chi connectivity index (χ0n) is 8.00. The predicted octanol–water partition coefficient (Wildman–Crippen LogP) is 2.94. The number of hydrogen-bond donors (Lipinski definition) is 1. The summed E-state index contributed by atoms with van der Waals surface area (Å²) in [7, 11) is 0. The summed E-state index contributed by atoms with van der Waals surface area (Å²) in [5.74, 6) is 1.14. The van der Waals surface area contributed by atoms with E-state index in [-0.39, 0.29) is 6.42 Å². The van der Waals surface area contributed by atoms with Gasteiger partial charge >= 0.3 is 5.97 Å². The molecule has 0 aliphatic heterocycles. The Balaban J connectivity index is 2.91. The normalized spacial score (nSPS) is 9.85. The fraction of sp³-hybridized carbons (Fsp3) is 0.700. The van der Waals surface area contributed by atoms with Gasteiger partial charge in [0.1, 0.15) is 0 Å². The molecule has 0 atom stereocenters. The van der Waals surface area contributed by atoms with Gasteiger partial charge in [-0.05, 0) is 25.0 Å². The number of unbranched alkanes of at least 4 members (excludes halogenated alkanes) is 3. The van der Waals surface area contributed by atoms with Crippen molar-refractivity contribution in [3.05, 3.63) is 12.7 Å². The van der Waals surface area contributed by atoms with Gasteiger partial charge in [0.05, 0.1) is 6.42 Å². The van der Waals surface area contributed by atoms with Gasteiger partial charge in [0.25, 0.3) is 0 Å². The van der Waals surface area contributed by atoms with E-state index in [9.17, 15) is 4.79 Å². The summed E-state index contributed by atoms with van der Waals surface area (Å²) in [5.41, 5.74) is 0. The van der Waals surface area contributed by atoms with Gasteiger partial charge in [-0.1, -0.05) is 12.5 Å². The molecule has 0 fully saturated rings. The Kier molecular flexibility index (Phi) is 9.32. The maximum Gasteiger partial charge on any atom is 0.304 e. The number of allylic oxidation sites excluding steroid dienone is 1. The molecule has 0 aromatic carbocycles. The number of rotatable bonds is 9. The quantitative estimate of drug-likeness (QED) is 0.461. The van der Waals surface area contributed by atoms with Gasteiger partial charge in [-0.3, -0.25) is 4.79 Å². The topological polar surface area (TPSA) is 37.3 Å². The zero-order chi connectivity index (χ0) is 9.94. The maximum atomic E-state index is 10.1. The van der Waals surface area contributed by atoms with E-state index < -0.39 is 5.97 Å². The van der Waals surface area contributed by atoms with E-state index in [1.807, 2.05) is 6.08 Å². The van der Waals surface area contributed by atoms with E-state index in [0.717, 1.165) is 17.9 Å². The van der Waals surface area contributed by atoms with Gasteiger partial charge in [0.2, 0.25) is 0 Å². The average molecular weight is 202 g/mol. The lowest BCUT2D eigenvalue weighted by molar-refractivity contribution is -0.136. The van der Waals surface area contributed by atoms with E-state index >= 15 is 0 Å². The molecule has 0 aromatic heterocycles. The molecule has 13 heavy (non-hydrogen) atoms. The Labute approximate surface area is 84.4 Å². The molecule has 2 nitrogen and oxygen atoms in total. The zero-order valence-corrected chi connectivity index (χ0v) is 8.81. The number of hydrogen-bond acceptors (Lipinski definition) is 2. The first-order valence-corrected chi connectivity index (χ1v) is 5.83. The second-order valence-corrected chi connectivity index (χ2v) is 4.12. The van der Waals surface area contributed by atoms with Crippen LogP contribution in [0.4, 0.5) is 0 Å². The molecule has 0 aliphatic rings. The third-order valence-electron chi connectivity index (χ3n) is 1.66. The first-order chi connectivity index (χ1) is 6.27. The fourth-order valence-electron chi connectivity index (χ4n) is 0.931. The number of carboxylic acids is 1. The second kappa shape index (κ2) is 9.65. The second-order valence-electron chi connectivity index (χ2n) is 2.89. The molecule has 0 bridgehead atoms. The van der Waals surface area contributed by atoms with Gasteiger partial charge in [0, 0.05) is 5.75 Å². The number of carbonyl (C=O) groups is 1. The van der Waals surface area contributed by atoms with Crippen molar-refractivity contribution in [3.8, 4) is 0 Å². The van der Waals surface area contributed by atoms with Gasteiger partial charge in [-0.2, -0.15) is 11.8 Å². The highest BCUT2D eigenvalue weighted by Gasteiger charge is 1.95. The molecule has 0 saturated heterocycles. The number of carboxylic acid groups (broad SMARTS) is 1. The Bertz CT molecular complexity index is 146. The smallest absolute Gasteiger partial charge is 0.304 e. The van der Waals surface area contributed by atoms with Gasteiger partial charge < -0.3 is 5.11 Å². The number of aliphatic carboxylic acids is 1. The van der Waals surface area contributed by atoms with Crippen molar-refractivity contribution < 1.29 is 9.90 Å². The van der Waals surface area contributed by atoms with Crippen LogP contribution in [0.2, 0.25) is 0 Å². The molecule has 0 aliphatic carbocycles. The van der Waals surface area contributed by atoms with E-state index in [1.165, 1.54) is 19.3 Å². The Morgan fingerprint density at radius 2 is 2.08 bits per heavy atom. The minimum Gasteiger partial charge on any atom is -0.481 e. The van der Waals surface area contributed by atoms with Crippen molar-refractivity contribution in [1.29, 1.82) is 0 Å². The summed E-state index contributed by atoms with van der Waals surface area (Å²) in [6, 6.07) is 0. The van der Waals surface area contributed by atoms with Crippen LogP contribution in [0.25, 0.3) is 0 Å². The molecule has 1 N–H and O–H groups in total. The van der Waals surface area contributed by atoms with Crippen LogP contribution in [0.5, 0.6) is 0 Å². The van der Waals surface area contributed by atoms with Crippen LogP contribution in [-0.4, -0.2) is 22.6 Å². The molecule has 0 spiro atoms. The Morgan fingerprint density at radius 1 is 1.31 bits per heavy atom. The van der Waals surface area contributed by atoms with Crippen LogP contribution in [0.15, 0.2) is 12.7 Å². The minimum atomic E-state index is -0.695. The molecule has 76 valence electrons. The summed E-state index contributed by atoms with van der Waals surface area (Å²) in [6.45, 7) is 3.66. The lowest BCUT2D eigenvalue weighted by atomic mass is 10.2. The largest absolute Gasteiger partial charge is 0.481 e. The molecule has 0 amide bonds. The van der Waals surface area contributed by atoms with Crippen molar-refractivity contribution in [2.75, 3.05) is 11.5 Å². The molecule has 0 saturated carbocycles. The molecule has 0 radical (unpaired) electrons. The third kappa shape index (κ3) is 11.6. The van der Waals surface area contributed by atoms with Gasteiger partial charge in [-0.25, -0.2) is 0 Å². The molecule has 0 aromatic rings. The Hall–Kier alpha value is -0.440. The SMILES string of the molecule is C=CCCCCCSCCC(=O)O. The van der Waals surface area contributed by atoms with Crippen LogP contribution in [-0.2, 0) is 4.79 Å². The lowest BCUT2D eigenvalue weighted by Crippen LogP contribution is -1.96. The third-order valence-corrected chi connectivity index (χ3v) is 2.73. The minimum absolute atomic E-state index is 0.289. The lowest BCUT2D eigenvalue weighted by Gasteiger charge is -1.98. The molecule has 0 rings (SSSR count). The summed E-state index contributed by atoms with van der Waals surface area (Å²) >= 11 is 1.73. The van der Waals surface area contributed by atoms with Crippen molar-refractivity contribution in [2.45, 2.75) is 32.1 Å².